The number of hydrogen-bond donors (Lipinski definition) is 1. The lowest BCUT2D eigenvalue weighted by Crippen LogP contribution is -2.27. The van der Waals surface area contributed by atoms with Crippen LogP contribution in [0.25, 0.3) is 6.08 Å². The molecule has 1 N–H and O–H groups in total. The molecular weight excluding hydrogens is 412 g/mol. The van der Waals surface area contributed by atoms with Crippen LogP contribution in [-0.2, 0) is 4.79 Å². The summed E-state index contributed by atoms with van der Waals surface area (Å²) in [7, 11) is 0. The Hall–Kier alpha value is -2.65. The Labute approximate surface area is 154 Å². The largest absolute Gasteiger partial charge is 0.506 e. The zero-order valence-electron chi connectivity index (χ0n) is 12.4. The molecular formula is C16H9BrN2O5S. The van der Waals surface area contributed by atoms with E-state index in [4.69, 9.17) is 0 Å². The number of nitrogens with zero attached hydrogens (tertiary/aromatic N) is 2. The minimum absolute atomic E-state index is 0.0663. The van der Waals surface area contributed by atoms with Crippen LogP contribution in [0.2, 0.25) is 0 Å². The molecule has 0 atom stereocenters. The van der Waals surface area contributed by atoms with Crippen molar-refractivity contribution in [3.05, 3.63) is 67.5 Å². The number of rotatable bonds is 3. The fourth-order valence-electron chi connectivity index (χ4n) is 2.23. The Kier molecular flexibility index (Phi) is 4.60. The Bertz CT molecular complexity index is 930. The molecule has 0 aliphatic carbocycles. The molecule has 0 spiro atoms. The number of nitro groups is 1. The number of anilines is 1. The maximum Gasteiger partial charge on any atom is 0.298 e. The van der Waals surface area contributed by atoms with Gasteiger partial charge in [0.25, 0.3) is 16.8 Å². The molecule has 3 rings (SSSR count). The molecule has 25 heavy (non-hydrogen) atoms. The average molecular weight is 421 g/mol. The Morgan fingerprint density at radius 1 is 1.20 bits per heavy atom. The van der Waals surface area contributed by atoms with Crippen molar-refractivity contribution >= 4 is 56.3 Å². The molecule has 0 radical (unpaired) electrons. The Morgan fingerprint density at radius 3 is 2.52 bits per heavy atom. The van der Waals surface area contributed by atoms with E-state index in [2.05, 4.69) is 15.9 Å². The quantitative estimate of drug-likeness (QED) is 0.451. The van der Waals surface area contributed by atoms with Crippen molar-refractivity contribution in [3.63, 3.8) is 0 Å². The third-order valence-electron chi connectivity index (χ3n) is 3.38. The third kappa shape index (κ3) is 3.28. The van der Waals surface area contributed by atoms with Crippen LogP contribution < -0.4 is 4.90 Å². The van der Waals surface area contributed by atoms with Gasteiger partial charge in [0.15, 0.2) is 0 Å². The number of imide groups is 1. The average Bonchev–Trinajstić information content (AvgIpc) is 2.86. The van der Waals surface area contributed by atoms with Crippen LogP contribution in [0, 0.1) is 10.1 Å². The van der Waals surface area contributed by atoms with Gasteiger partial charge in [0.05, 0.1) is 20.0 Å². The number of non-ortho nitro benzene ring substituents is 1. The van der Waals surface area contributed by atoms with Gasteiger partial charge < -0.3 is 5.11 Å². The number of carbonyl (C=O) groups excluding carboxylic acids is 2. The number of hydrogen-bond acceptors (Lipinski definition) is 6. The summed E-state index contributed by atoms with van der Waals surface area (Å²) in [4.78, 5) is 36.1. The number of phenols is 1. The van der Waals surface area contributed by atoms with Crippen molar-refractivity contribution in [2.45, 2.75) is 0 Å². The monoisotopic (exact) mass is 420 g/mol. The number of carbonyl (C=O) groups is 2. The standard InChI is InChI=1S/C16H9BrN2O5S/c17-12-8-11(19(23)24)6-9(14(12)20)7-13-15(21)18(16(22)25-13)10-4-2-1-3-5-10/h1-8,20H. The maximum absolute atomic E-state index is 12.5. The Morgan fingerprint density at radius 2 is 1.88 bits per heavy atom. The zero-order valence-corrected chi connectivity index (χ0v) is 14.8. The van der Waals surface area contributed by atoms with Crippen LogP contribution in [0.5, 0.6) is 5.75 Å². The van der Waals surface area contributed by atoms with Crippen molar-refractivity contribution in [3.8, 4) is 5.75 Å². The summed E-state index contributed by atoms with van der Waals surface area (Å²) < 4.78 is 0.121. The number of nitro benzene ring substituents is 1. The number of thioether (sulfide) groups is 1. The zero-order chi connectivity index (χ0) is 18.1. The highest BCUT2D eigenvalue weighted by Crippen LogP contribution is 2.39. The normalized spacial score (nSPS) is 15.9. The van der Waals surface area contributed by atoms with Gasteiger partial charge in [-0.2, -0.15) is 0 Å². The summed E-state index contributed by atoms with van der Waals surface area (Å²) in [5.41, 5.74) is 0.246. The third-order valence-corrected chi connectivity index (χ3v) is 4.86. The smallest absolute Gasteiger partial charge is 0.298 e. The van der Waals surface area contributed by atoms with Gasteiger partial charge in [-0.15, -0.1) is 0 Å². The second kappa shape index (κ2) is 6.69. The molecule has 0 saturated carbocycles. The number of benzene rings is 2. The molecule has 0 bridgehead atoms. The van der Waals surface area contributed by atoms with E-state index in [1.54, 1.807) is 30.3 Å². The van der Waals surface area contributed by atoms with E-state index >= 15 is 0 Å². The minimum Gasteiger partial charge on any atom is -0.506 e. The van der Waals surface area contributed by atoms with Crippen molar-refractivity contribution in [2.75, 3.05) is 4.90 Å². The highest BCUT2D eigenvalue weighted by molar-refractivity contribution is 9.10. The van der Waals surface area contributed by atoms with Gasteiger partial charge >= 0.3 is 0 Å². The second-order valence-corrected chi connectivity index (χ2v) is 6.82. The molecule has 2 amide bonds. The number of amides is 2. The molecule has 126 valence electrons. The van der Waals surface area contributed by atoms with Gasteiger partial charge in [-0.3, -0.25) is 19.7 Å². The first-order valence-corrected chi connectivity index (χ1v) is 8.49. The van der Waals surface area contributed by atoms with E-state index in [-0.39, 0.29) is 26.4 Å². The summed E-state index contributed by atoms with van der Waals surface area (Å²) in [6.07, 6.45) is 1.26. The summed E-state index contributed by atoms with van der Waals surface area (Å²) in [6, 6.07) is 10.7. The number of aromatic hydroxyl groups is 1. The molecule has 9 heteroatoms. The second-order valence-electron chi connectivity index (χ2n) is 4.98. The highest BCUT2D eigenvalue weighted by Gasteiger charge is 2.36. The van der Waals surface area contributed by atoms with Gasteiger partial charge in [-0.1, -0.05) is 18.2 Å². The van der Waals surface area contributed by atoms with E-state index in [1.807, 2.05) is 0 Å². The van der Waals surface area contributed by atoms with Crippen LogP contribution in [-0.4, -0.2) is 21.2 Å². The lowest BCUT2D eigenvalue weighted by molar-refractivity contribution is -0.385. The van der Waals surface area contributed by atoms with E-state index in [1.165, 1.54) is 6.08 Å². The summed E-state index contributed by atoms with van der Waals surface area (Å²) in [5, 5.41) is 20.5. The first kappa shape index (κ1) is 17.2. The first-order chi connectivity index (χ1) is 11.9. The molecule has 1 heterocycles. The van der Waals surface area contributed by atoms with Gasteiger partial charge in [0.2, 0.25) is 0 Å². The predicted octanol–water partition coefficient (Wildman–Crippen LogP) is 4.30. The summed E-state index contributed by atoms with van der Waals surface area (Å²) in [5.74, 6) is -0.805. The maximum atomic E-state index is 12.5. The molecule has 2 aromatic carbocycles. The highest BCUT2D eigenvalue weighted by atomic mass is 79.9. The van der Waals surface area contributed by atoms with Gasteiger partial charge in [-0.25, -0.2) is 4.90 Å². The number of halogens is 1. The van der Waals surface area contributed by atoms with Crippen LogP contribution in [0.3, 0.4) is 0 Å². The van der Waals surface area contributed by atoms with E-state index in [9.17, 15) is 24.8 Å². The van der Waals surface area contributed by atoms with Gasteiger partial charge in [0.1, 0.15) is 5.75 Å². The lowest BCUT2D eigenvalue weighted by Gasteiger charge is -2.11. The Balaban J connectivity index is 2.02. The van der Waals surface area contributed by atoms with Crippen LogP contribution in [0.1, 0.15) is 5.56 Å². The van der Waals surface area contributed by atoms with Crippen LogP contribution >= 0.6 is 27.7 Å². The van der Waals surface area contributed by atoms with Crippen molar-refractivity contribution < 1.29 is 19.6 Å². The fourth-order valence-corrected chi connectivity index (χ4v) is 3.53. The van der Waals surface area contributed by atoms with E-state index < -0.39 is 16.1 Å². The molecule has 1 aliphatic rings. The molecule has 1 saturated heterocycles. The SMILES string of the molecule is O=C1SC(=Cc2cc([N+](=O)[O-])cc(Br)c2O)C(=O)N1c1ccccc1. The number of phenolic OH excluding ortho intramolecular Hbond substituents is 1. The van der Waals surface area contributed by atoms with Crippen molar-refractivity contribution in [1.82, 2.24) is 0 Å². The molecule has 0 aromatic heterocycles. The van der Waals surface area contributed by atoms with Crippen LogP contribution in [0.4, 0.5) is 16.2 Å². The van der Waals surface area contributed by atoms with Crippen molar-refractivity contribution in [2.24, 2.45) is 0 Å². The molecule has 0 unspecified atom stereocenters. The minimum atomic E-state index is -0.614. The van der Waals surface area contributed by atoms with Gasteiger partial charge in [-0.05, 0) is 45.9 Å². The van der Waals surface area contributed by atoms with Crippen molar-refractivity contribution in [1.29, 1.82) is 0 Å². The van der Waals surface area contributed by atoms with E-state index in [0.29, 0.717) is 17.4 Å². The first-order valence-electron chi connectivity index (χ1n) is 6.88. The lowest BCUT2D eigenvalue weighted by atomic mass is 10.1. The molecule has 1 aliphatic heterocycles. The fraction of sp³-hybridized carbons (Fsp3) is 0. The molecule has 2 aromatic rings. The number of para-hydroxylation sites is 1. The summed E-state index contributed by atoms with van der Waals surface area (Å²) in [6.45, 7) is 0. The van der Waals surface area contributed by atoms with E-state index in [0.717, 1.165) is 17.0 Å². The molecule has 1 fully saturated rings. The summed E-state index contributed by atoms with van der Waals surface area (Å²) >= 11 is 3.74. The topological polar surface area (TPSA) is 101 Å². The molecule has 7 nitrogen and oxygen atoms in total. The van der Waals surface area contributed by atoms with Crippen LogP contribution in [0.15, 0.2) is 51.8 Å². The predicted molar refractivity (Wildman–Crippen MR) is 97.4 cm³/mol. The van der Waals surface area contributed by atoms with Gasteiger partial charge in [0, 0.05) is 17.7 Å².